The van der Waals surface area contributed by atoms with Gasteiger partial charge < -0.3 is 10.3 Å². The smallest absolute Gasteiger partial charge is 0.358 e. The minimum absolute atomic E-state index is 0.0981. The number of H-pyrrole nitrogens is 1. The number of nitrogens with one attached hydrogen (secondary N) is 2. The highest BCUT2D eigenvalue weighted by atomic mass is 19.4. The van der Waals surface area contributed by atoms with E-state index in [1.54, 1.807) is 30.3 Å². The molecule has 0 saturated heterocycles. The number of aryl methyl sites for hydroxylation is 1. The van der Waals surface area contributed by atoms with Crippen molar-refractivity contribution in [2.45, 2.75) is 26.1 Å². The first kappa shape index (κ1) is 20.6. The van der Waals surface area contributed by atoms with Gasteiger partial charge in [0, 0.05) is 29.3 Å². The van der Waals surface area contributed by atoms with E-state index < -0.39 is 11.9 Å². The zero-order valence-corrected chi connectivity index (χ0v) is 16.4. The molecule has 0 fully saturated rings. The second-order valence-electron chi connectivity index (χ2n) is 7.18. The average molecular weight is 430 g/mol. The molecule has 2 aromatic heterocycles. The van der Waals surface area contributed by atoms with E-state index in [0.29, 0.717) is 11.1 Å². The van der Waals surface area contributed by atoms with Crippen LogP contribution in [0.1, 0.15) is 22.5 Å². The summed E-state index contributed by atoms with van der Waals surface area (Å²) in [5.74, 6) is -0.591. The molecule has 0 bridgehead atoms. The molecule has 0 spiro atoms. The Morgan fingerprint density at radius 3 is 2.55 bits per heavy atom. The van der Waals surface area contributed by atoms with Crippen molar-refractivity contribution >= 4 is 16.8 Å². The Kier molecular flexibility index (Phi) is 5.26. The molecule has 2 N–H and O–H groups in total. The second kappa shape index (κ2) is 7.90. The molecule has 2 aromatic carbocycles. The molecule has 5 nitrogen and oxygen atoms in total. The van der Waals surface area contributed by atoms with Crippen LogP contribution in [0.25, 0.3) is 16.6 Å². The third-order valence-electron chi connectivity index (χ3n) is 4.99. The standard InChI is InChI=1S/C22H18F4N4O/c1-13-17(18-10-15(23)4-7-19(18)28-13)11-21(31)27-12-14-2-5-16(6-3-14)30-9-8-20(29-30)22(24,25)26/h2-10,28H,11-12H2,1H3,(H,27,31). The second-order valence-corrected chi connectivity index (χ2v) is 7.18. The third-order valence-corrected chi connectivity index (χ3v) is 4.99. The number of hydrogen-bond donors (Lipinski definition) is 2. The Labute approximate surface area is 174 Å². The van der Waals surface area contributed by atoms with E-state index in [1.807, 2.05) is 6.92 Å². The van der Waals surface area contributed by atoms with E-state index in [2.05, 4.69) is 15.4 Å². The minimum Gasteiger partial charge on any atom is -0.358 e. The zero-order chi connectivity index (χ0) is 22.2. The Morgan fingerprint density at radius 1 is 1.13 bits per heavy atom. The maximum absolute atomic E-state index is 13.6. The predicted molar refractivity (Wildman–Crippen MR) is 107 cm³/mol. The number of carbonyl (C=O) groups is 1. The van der Waals surface area contributed by atoms with E-state index in [1.165, 1.54) is 18.3 Å². The molecule has 0 aliphatic rings. The van der Waals surface area contributed by atoms with Gasteiger partial charge in [-0.1, -0.05) is 12.1 Å². The molecule has 0 unspecified atom stereocenters. The number of amides is 1. The van der Waals surface area contributed by atoms with Crippen LogP contribution in [-0.4, -0.2) is 20.7 Å². The van der Waals surface area contributed by atoms with Gasteiger partial charge in [-0.2, -0.15) is 18.3 Å². The lowest BCUT2D eigenvalue weighted by molar-refractivity contribution is -0.141. The quantitative estimate of drug-likeness (QED) is 0.452. The number of hydrogen-bond acceptors (Lipinski definition) is 2. The van der Waals surface area contributed by atoms with Gasteiger partial charge in [-0.25, -0.2) is 9.07 Å². The van der Waals surface area contributed by atoms with Crippen molar-refractivity contribution in [3.05, 3.63) is 83.1 Å². The van der Waals surface area contributed by atoms with Crippen LogP contribution in [0.2, 0.25) is 0 Å². The zero-order valence-electron chi connectivity index (χ0n) is 16.4. The predicted octanol–water partition coefficient (Wildman–Crippen LogP) is 4.68. The molecular weight excluding hydrogens is 412 g/mol. The molecule has 2 heterocycles. The van der Waals surface area contributed by atoms with Gasteiger partial charge in [0.2, 0.25) is 5.91 Å². The van der Waals surface area contributed by atoms with Gasteiger partial charge in [-0.3, -0.25) is 4.79 Å². The van der Waals surface area contributed by atoms with Crippen molar-refractivity contribution in [1.82, 2.24) is 20.1 Å². The first-order chi connectivity index (χ1) is 14.7. The van der Waals surface area contributed by atoms with Crippen molar-refractivity contribution < 1.29 is 22.4 Å². The summed E-state index contributed by atoms with van der Waals surface area (Å²) >= 11 is 0. The summed E-state index contributed by atoms with van der Waals surface area (Å²) in [4.78, 5) is 15.6. The Morgan fingerprint density at radius 2 is 1.87 bits per heavy atom. The van der Waals surface area contributed by atoms with Crippen molar-refractivity contribution in [2.75, 3.05) is 0 Å². The molecule has 0 radical (unpaired) electrons. The topological polar surface area (TPSA) is 62.7 Å². The molecule has 31 heavy (non-hydrogen) atoms. The van der Waals surface area contributed by atoms with Crippen molar-refractivity contribution in [1.29, 1.82) is 0 Å². The monoisotopic (exact) mass is 430 g/mol. The molecule has 160 valence electrons. The van der Waals surface area contributed by atoms with Gasteiger partial charge in [0.05, 0.1) is 12.1 Å². The van der Waals surface area contributed by atoms with E-state index in [-0.39, 0.29) is 24.7 Å². The van der Waals surface area contributed by atoms with Crippen molar-refractivity contribution in [3.63, 3.8) is 0 Å². The summed E-state index contributed by atoms with van der Waals surface area (Å²) in [6.45, 7) is 2.08. The van der Waals surface area contributed by atoms with E-state index >= 15 is 0 Å². The Bertz CT molecular complexity index is 1240. The Balaban J connectivity index is 1.40. The van der Waals surface area contributed by atoms with Crippen LogP contribution < -0.4 is 5.32 Å². The number of carbonyl (C=O) groups excluding carboxylic acids is 1. The minimum atomic E-state index is -4.50. The molecule has 4 aromatic rings. The fourth-order valence-corrected chi connectivity index (χ4v) is 3.39. The summed E-state index contributed by atoms with van der Waals surface area (Å²) < 4.78 is 52.8. The number of benzene rings is 2. The van der Waals surface area contributed by atoms with Crippen LogP contribution in [0.4, 0.5) is 17.6 Å². The molecule has 0 saturated carbocycles. The molecular formula is C22H18F4N4O. The lowest BCUT2D eigenvalue weighted by Gasteiger charge is -2.08. The lowest BCUT2D eigenvalue weighted by atomic mass is 10.1. The van der Waals surface area contributed by atoms with Crippen LogP contribution in [0.15, 0.2) is 54.7 Å². The van der Waals surface area contributed by atoms with Gasteiger partial charge in [-0.05, 0) is 54.4 Å². The molecule has 1 amide bonds. The van der Waals surface area contributed by atoms with E-state index in [0.717, 1.165) is 33.1 Å². The number of nitrogens with zero attached hydrogens (tertiary/aromatic N) is 2. The number of alkyl halides is 3. The lowest BCUT2D eigenvalue weighted by Crippen LogP contribution is -2.24. The summed E-state index contributed by atoms with van der Waals surface area (Å²) in [6, 6.07) is 12.0. The van der Waals surface area contributed by atoms with Gasteiger partial charge in [0.25, 0.3) is 0 Å². The normalized spacial score (nSPS) is 11.8. The summed E-state index contributed by atoms with van der Waals surface area (Å²) in [7, 11) is 0. The largest absolute Gasteiger partial charge is 0.435 e. The number of halogens is 4. The maximum atomic E-state index is 13.6. The van der Waals surface area contributed by atoms with Gasteiger partial charge >= 0.3 is 6.18 Å². The summed E-state index contributed by atoms with van der Waals surface area (Å²) in [5.41, 5.74) is 2.60. The van der Waals surface area contributed by atoms with Crippen molar-refractivity contribution in [3.8, 4) is 5.69 Å². The van der Waals surface area contributed by atoms with E-state index in [4.69, 9.17) is 0 Å². The van der Waals surface area contributed by atoms with Crippen LogP contribution >= 0.6 is 0 Å². The van der Waals surface area contributed by atoms with E-state index in [9.17, 15) is 22.4 Å². The molecule has 9 heteroatoms. The number of aromatic amines is 1. The third kappa shape index (κ3) is 4.45. The SMILES string of the molecule is Cc1[nH]c2ccc(F)cc2c1CC(=O)NCc1ccc(-n2ccc(C(F)(F)F)n2)cc1. The first-order valence-corrected chi connectivity index (χ1v) is 9.46. The number of aromatic nitrogens is 3. The molecule has 4 rings (SSSR count). The fraction of sp³-hybridized carbons (Fsp3) is 0.182. The van der Waals surface area contributed by atoms with Gasteiger partial charge in [0.1, 0.15) is 5.82 Å². The number of rotatable bonds is 5. The fourth-order valence-electron chi connectivity index (χ4n) is 3.39. The van der Waals surface area contributed by atoms with Gasteiger partial charge in [-0.15, -0.1) is 0 Å². The molecule has 0 atom stereocenters. The molecule has 0 aliphatic carbocycles. The Hall–Kier alpha value is -3.62. The maximum Gasteiger partial charge on any atom is 0.435 e. The summed E-state index contributed by atoms with van der Waals surface area (Å²) in [6.07, 6.45) is -3.16. The number of fused-ring (bicyclic) bond motifs is 1. The van der Waals surface area contributed by atoms with Crippen LogP contribution in [0.3, 0.4) is 0 Å². The van der Waals surface area contributed by atoms with Crippen LogP contribution in [0, 0.1) is 12.7 Å². The first-order valence-electron chi connectivity index (χ1n) is 9.46. The van der Waals surface area contributed by atoms with Crippen molar-refractivity contribution in [2.24, 2.45) is 0 Å². The highest BCUT2D eigenvalue weighted by Gasteiger charge is 2.33. The highest BCUT2D eigenvalue weighted by molar-refractivity contribution is 5.90. The van der Waals surface area contributed by atoms with Crippen LogP contribution in [-0.2, 0) is 23.9 Å². The van der Waals surface area contributed by atoms with Gasteiger partial charge in [0.15, 0.2) is 5.69 Å². The summed E-state index contributed by atoms with van der Waals surface area (Å²) in [5, 5.41) is 7.01. The van der Waals surface area contributed by atoms with Crippen LogP contribution in [0.5, 0.6) is 0 Å². The molecule has 0 aliphatic heterocycles. The average Bonchev–Trinajstić information content (AvgIpc) is 3.33. The highest BCUT2D eigenvalue weighted by Crippen LogP contribution is 2.28.